The van der Waals surface area contributed by atoms with Crippen molar-refractivity contribution in [3.8, 4) is 5.75 Å². The van der Waals surface area contributed by atoms with E-state index < -0.39 is 21.4 Å². The van der Waals surface area contributed by atoms with Crippen LogP contribution in [0, 0.1) is 0 Å². The van der Waals surface area contributed by atoms with Crippen LogP contribution in [0.5, 0.6) is 5.75 Å². The molecule has 0 spiro atoms. The Morgan fingerprint density at radius 1 is 0.864 bits per heavy atom. The second kappa shape index (κ2) is 12.2. The Morgan fingerprint density at radius 3 is 2.36 bits per heavy atom. The van der Waals surface area contributed by atoms with Gasteiger partial charge < -0.3 is 14.0 Å². The summed E-state index contributed by atoms with van der Waals surface area (Å²) in [6.07, 6.45) is 3.42. The number of hydrogen-bond donors (Lipinski definition) is 1. The number of rotatable bonds is 8. The van der Waals surface area contributed by atoms with Crippen LogP contribution in [0.1, 0.15) is 11.1 Å². The zero-order chi connectivity index (χ0) is 30.7. The van der Waals surface area contributed by atoms with Crippen molar-refractivity contribution in [2.45, 2.75) is 17.9 Å². The van der Waals surface area contributed by atoms with Gasteiger partial charge in [0, 0.05) is 55.4 Å². The van der Waals surface area contributed by atoms with Crippen LogP contribution in [0.3, 0.4) is 0 Å². The first-order valence-electron chi connectivity index (χ1n) is 14.0. The number of aromatic nitrogens is 3. The van der Waals surface area contributed by atoms with Crippen molar-refractivity contribution in [2.75, 3.05) is 31.1 Å². The second-order valence-corrected chi connectivity index (χ2v) is 12.0. The van der Waals surface area contributed by atoms with E-state index in [-0.39, 0.29) is 23.1 Å². The SMILES string of the molecule is O=C(Cc1ccccc1)N1CCN(c2cc(=O)[nH]c(=O)n2Cc2ccc(OS(=O)(=O)c3cccc4cnccc34)cc2)CC1. The maximum Gasteiger partial charge on any atom is 0.339 e. The van der Waals surface area contributed by atoms with E-state index in [1.807, 2.05) is 35.2 Å². The van der Waals surface area contributed by atoms with Crippen LogP contribution < -0.4 is 20.3 Å². The zero-order valence-electron chi connectivity index (χ0n) is 23.6. The van der Waals surface area contributed by atoms with E-state index in [0.717, 1.165) is 5.56 Å². The van der Waals surface area contributed by atoms with E-state index in [9.17, 15) is 22.8 Å². The molecule has 3 heterocycles. The summed E-state index contributed by atoms with van der Waals surface area (Å²) < 4.78 is 33.1. The minimum atomic E-state index is -4.13. The molecule has 224 valence electrons. The van der Waals surface area contributed by atoms with Crippen molar-refractivity contribution in [2.24, 2.45) is 0 Å². The molecule has 2 aromatic heterocycles. The lowest BCUT2D eigenvalue weighted by molar-refractivity contribution is -0.130. The standard InChI is InChI=1S/C32H29N5O6S/c38-29-20-30(35-15-17-36(18-16-35)31(39)19-23-5-2-1-3-6-23)37(32(40)34-29)22-24-9-11-26(12-10-24)43-44(41,42)28-8-4-7-25-21-33-14-13-27(25)28/h1-14,20-21H,15-19,22H2,(H,34,38,40). The first-order valence-corrected chi connectivity index (χ1v) is 15.4. The smallest absolute Gasteiger partial charge is 0.339 e. The van der Waals surface area contributed by atoms with Gasteiger partial charge in [-0.25, -0.2) is 4.79 Å². The number of carbonyl (C=O) groups is 1. The predicted molar refractivity (Wildman–Crippen MR) is 165 cm³/mol. The van der Waals surface area contributed by atoms with Gasteiger partial charge in [-0.2, -0.15) is 8.42 Å². The summed E-state index contributed by atoms with van der Waals surface area (Å²) in [4.78, 5) is 48.1. The highest BCUT2D eigenvalue weighted by Crippen LogP contribution is 2.26. The number of anilines is 1. The zero-order valence-corrected chi connectivity index (χ0v) is 24.4. The summed E-state index contributed by atoms with van der Waals surface area (Å²) in [5.74, 6) is 0.591. The average molecular weight is 612 g/mol. The van der Waals surface area contributed by atoms with Crippen molar-refractivity contribution in [1.29, 1.82) is 0 Å². The monoisotopic (exact) mass is 611 g/mol. The van der Waals surface area contributed by atoms with Gasteiger partial charge in [-0.1, -0.05) is 54.6 Å². The Morgan fingerprint density at radius 2 is 1.61 bits per heavy atom. The van der Waals surface area contributed by atoms with Crippen LogP contribution in [-0.4, -0.2) is 59.9 Å². The van der Waals surface area contributed by atoms with Crippen molar-refractivity contribution in [1.82, 2.24) is 19.4 Å². The number of nitrogens with one attached hydrogen (secondary N) is 1. The molecule has 1 amide bonds. The van der Waals surface area contributed by atoms with E-state index in [0.29, 0.717) is 54.8 Å². The molecule has 1 aliphatic rings. The number of fused-ring (bicyclic) bond motifs is 1. The fraction of sp³-hybridized carbons (Fsp3) is 0.188. The highest BCUT2D eigenvalue weighted by Gasteiger charge is 2.24. The third-order valence-corrected chi connectivity index (χ3v) is 8.85. The lowest BCUT2D eigenvalue weighted by Crippen LogP contribution is -2.51. The Kier molecular flexibility index (Phi) is 7.99. The Balaban J connectivity index is 1.16. The normalized spacial score (nSPS) is 13.6. The molecule has 3 aromatic carbocycles. The molecule has 11 nitrogen and oxygen atoms in total. The molecule has 1 saturated heterocycles. The highest BCUT2D eigenvalue weighted by atomic mass is 32.2. The van der Waals surface area contributed by atoms with Crippen LogP contribution in [0.15, 0.2) is 112 Å². The van der Waals surface area contributed by atoms with Gasteiger partial charge >= 0.3 is 15.8 Å². The maximum atomic E-state index is 13.1. The van der Waals surface area contributed by atoms with Gasteiger partial charge in [0.2, 0.25) is 5.91 Å². The second-order valence-electron chi connectivity index (χ2n) is 10.4. The lowest BCUT2D eigenvalue weighted by atomic mass is 10.1. The van der Waals surface area contributed by atoms with E-state index >= 15 is 0 Å². The summed E-state index contributed by atoms with van der Waals surface area (Å²) in [5.41, 5.74) is 0.562. The molecule has 1 aliphatic heterocycles. The number of aromatic amines is 1. The van der Waals surface area contributed by atoms with Crippen molar-refractivity contribution in [3.05, 3.63) is 129 Å². The summed E-state index contributed by atoms with van der Waals surface area (Å²) in [6.45, 7) is 1.96. The number of amides is 1. The third-order valence-electron chi connectivity index (χ3n) is 7.55. The van der Waals surface area contributed by atoms with Gasteiger partial charge in [0.15, 0.2) is 0 Å². The molecule has 0 saturated carbocycles. The molecule has 1 N–H and O–H groups in total. The van der Waals surface area contributed by atoms with Crippen LogP contribution in [0.4, 0.5) is 5.82 Å². The largest absolute Gasteiger partial charge is 0.379 e. The first kappa shape index (κ1) is 28.9. The topological polar surface area (TPSA) is 135 Å². The van der Waals surface area contributed by atoms with E-state index in [2.05, 4.69) is 9.97 Å². The molecule has 0 unspecified atom stereocenters. The van der Waals surface area contributed by atoms with Gasteiger partial charge in [-0.05, 0) is 35.4 Å². The molecule has 0 aliphatic carbocycles. The fourth-order valence-electron chi connectivity index (χ4n) is 5.31. The van der Waals surface area contributed by atoms with Crippen LogP contribution in [0.2, 0.25) is 0 Å². The molecule has 0 atom stereocenters. The number of H-pyrrole nitrogens is 1. The van der Waals surface area contributed by atoms with Gasteiger partial charge in [0.1, 0.15) is 16.5 Å². The lowest BCUT2D eigenvalue weighted by Gasteiger charge is -2.36. The Labute approximate surface area is 253 Å². The summed E-state index contributed by atoms with van der Waals surface area (Å²) in [5, 5.41) is 1.18. The molecule has 1 fully saturated rings. The highest BCUT2D eigenvalue weighted by molar-refractivity contribution is 7.87. The van der Waals surface area contributed by atoms with E-state index in [1.165, 1.54) is 35.0 Å². The van der Waals surface area contributed by atoms with Gasteiger partial charge in [-0.15, -0.1) is 0 Å². The summed E-state index contributed by atoms with van der Waals surface area (Å²) in [7, 11) is -4.13. The number of carbonyl (C=O) groups excluding carboxylic acids is 1. The molecule has 6 rings (SSSR count). The van der Waals surface area contributed by atoms with Crippen LogP contribution in [0.25, 0.3) is 10.8 Å². The predicted octanol–water partition coefficient (Wildman–Crippen LogP) is 2.79. The molecule has 12 heteroatoms. The number of nitrogens with zero attached hydrogens (tertiary/aromatic N) is 4. The average Bonchev–Trinajstić information content (AvgIpc) is 3.03. The molecule has 5 aromatic rings. The first-order chi connectivity index (χ1) is 21.3. The number of pyridine rings is 1. The molecule has 0 radical (unpaired) electrons. The quantitative estimate of drug-likeness (QED) is 0.265. The van der Waals surface area contributed by atoms with Crippen molar-refractivity contribution in [3.63, 3.8) is 0 Å². The number of benzene rings is 3. The summed E-state index contributed by atoms with van der Waals surface area (Å²) >= 11 is 0. The van der Waals surface area contributed by atoms with Crippen LogP contribution in [-0.2, 0) is 27.9 Å². The van der Waals surface area contributed by atoms with E-state index in [1.54, 1.807) is 41.4 Å². The third kappa shape index (κ3) is 6.25. The van der Waals surface area contributed by atoms with E-state index in [4.69, 9.17) is 4.18 Å². The minimum Gasteiger partial charge on any atom is -0.379 e. The number of hydrogen-bond acceptors (Lipinski definition) is 8. The van der Waals surface area contributed by atoms with Gasteiger partial charge in [0.25, 0.3) is 5.56 Å². The van der Waals surface area contributed by atoms with Crippen molar-refractivity contribution < 1.29 is 17.4 Å². The molecule has 0 bridgehead atoms. The van der Waals surface area contributed by atoms with Gasteiger partial charge in [0.05, 0.1) is 13.0 Å². The fourth-order valence-corrected chi connectivity index (χ4v) is 6.46. The Hall–Kier alpha value is -5.23. The van der Waals surface area contributed by atoms with Gasteiger partial charge in [-0.3, -0.25) is 24.1 Å². The minimum absolute atomic E-state index is 0.0286. The van der Waals surface area contributed by atoms with Crippen LogP contribution >= 0.6 is 0 Å². The molecular weight excluding hydrogens is 582 g/mol. The number of piperazine rings is 1. The Bertz CT molecular complexity index is 2030. The van der Waals surface area contributed by atoms with Crippen molar-refractivity contribution >= 4 is 32.6 Å². The maximum absolute atomic E-state index is 13.1. The molecular formula is C32H29N5O6S. The summed E-state index contributed by atoms with van der Waals surface area (Å²) in [6, 6.07) is 23.8. The molecule has 44 heavy (non-hydrogen) atoms.